The molecule has 0 amide bonds. The third-order valence-electron chi connectivity index (χ3n) is 3.00. The van der Waals surface area contributed by atoms with E-state index in [4.69, 9.17) is 4.74 Å². The van der Waals surface area contributed by atoms with Crippen LogP contribution in [0.1, 0.15) is 20.8 Å². The number of rotatable bonds is 5. The molecule has 0 aromatic rings. The molecular formula is C9H20GeO2. The zero-order chi connectivity index (χ0) is 9.61. The Balaban J connectivity index is 4.19. The summed E-state index contributed by atoms with van der Waals surface area (Å²) in [6.07, 6.45) is 0. The van der Waals surface area contributed by atoms with Crippen LogP contribution in [0.5, 0.6) is 0 Å². The van der Waals surface area contributed by atoms with Crippen LogP contribution in [-0.4, -0.2) is 26.3 Å². The van der Waals surface area contributed by atoms with Gasteiger partial charge in [0, 0.05) is 0 Å². The fraction of sp³-hybridized carbons (Fsp3) is 0.889. The van der Waals surface area contributed by atoms with E-state index in [9.17, 15) is 4.79 Å². The van der Waals surface area contributed by atoms with Crippen molar-refractivity contribution in [2.75, 3.05) is 7.11 Å². The molecule has 2 nitrogen and oxygen atoms in total. The van der Waals surface area contributed by atoms with Gasteiger partial charge in [-0.3, -0.25) is 0 Å². The van der Waals surface area contributed by atoms with Gasteiger partial charge in [0.1, 0.15) is 0 Å². The fourth-order valence-electron chi connectivity index (χ4n) is 1.50. The number of carbonyl (C=O) groups is 1. The standard InChI is InChI=1S/C9H20GeO2/c1-5-10(6-2,7-3)8-9(11)12-4/h5-8H2,1-4H3. The van der Waals surface area contributed by atoms with E-state index in [2.05, 4.69) is 20.8 Å². The van der Waals surface area contributed by atoms with Crippen molar-refractivity contribution in [3.05, 3.63) is 0 Å². The SMILES string of the molecule is C[CH2][Ge]([CH2]C)([CH2]C)[CH2]C(=O)OC. The molecule has 72 valence electrons. The van der Waals surface area contributed by atoms with E-state index < -0.39 is 13.3 Å². The van der Waals surface area contributed by atoms with Crippen LogP contribution in [0.4, 0.5) is 0 Å². The van der Waals surface area contributed by atoms with Gasteiger partial charge in [-0.25, -0.2) is 0 Å². The second-order valence-corrected chi connectivity index (χ2v) is 14.8. The van der Waals surface area contributed by atoms with Gasteiger partial charge >= 0.3 is 77.7 Å². The van der Waals surface area contributed by atoms with E-state index in [1.54, 1.807) is 0 Å². The summed E-state index contributed by atoms with van der Waals surface area (Å²) in [6.45, 7) is 6.65. The maximum absolute atomic E-state index is 11.1. The Kier molecular flexibility index (Phi) is 5.63. The van der Waals surface area contributed by atoms with Crippen LogP contribution >= 0.6 is 0 Å². The van der Waals surface area contributed by atoms with E-state index in [-0.39, 0.29) is 5.97 Å². The van der Waals surface area contributed by atoms with Crippen molar-refractivity contribution in [2.24, 2.45) is 0 Å². The third kappa shape index (κ3) is 3.17. The van der Waals surface area contributed by atoms with Crippen LogP contribution in [0.25, 0.3) is 0 Å². The monoisotopic (exact) mass is 234 g/mol. The van der Waals surface area contributed by atoms with Gasteiger partial charge in [-0.2, -0.15) is 0 Å². The van der Waals surface area contributed by atoms with Crippen molar-refractivity contribution in [3.8, 4) is 0 Å². The Morgan fingerprint density at radius 3 is 1.83 bits per heavy atom. The Labute approximate surface area is 78.0 Å². The summed E-state index contributed by atoms with van der Waals surface area (Å²) in [4.78, 5) is 11.1. The van der Waals surface area contributed by atoms with Crippen molar-refractivity contribution in [2.45, 2.75) is 41.8 Å². The van der Waals surface area contributed by atoms with Gasteiger partial charge in [-0.15, -0.1) is 0 Å². The second kappa shape index (κ2) is 5.62. The molecule has 0 fully saturated rings. The van der Waals surface area contributed by atoms with Crippen molar-refractivity contribution >= 4 is 19.2 Å². The summed E-state index contributed by atoms with van der Waals surface area (Å²) in [5, 5.41) is 4.46. The van der Waals surface area contributed by atoms with Crippen LogP contribution in [0.15, 0.2) is 0 Å². The van der Waals surface area contributed by atoms with Gasteiger partial charge in [-0.05, 0) is 0 Å². The average Bonchev–Trinajstić information content (AvgIpc) is 2.14. The van der Waals surface area contributed by atoms with Gasteiger partial charge in [-0.1, -0.05) is 0 Å². The van der Waals surface area contributed by atoms with Gasteiger partial charge in [0.2, 0.25) is 0 Å². The average molecular weight is 233 g/mol. The molecule has 0 aromatic heterocycles. The minimum atomic E-state index is -1.78. The summed E-state index contributed by atoms with van der Waals surface area (Å²) in [7, 11) is 1.48. The first-order valence-corrected chi connectivity index (χ1v) is 10.6. The third-order valence-corrected chi connectivity index (χ3v) is 14.6. The van der Waals surface area contributed by atoms with Crippen molar-refractivity contribution in [1.82, 2.24) is 0 Å². The van der Waals surface area contributed by atoms with Gasteiger partial charge in [0.15, 0.2) is 0 Å². The predicted octanol–water partition coefficient (Wildman–Crippen LogP) is 2.67. The molecule has 0 unspecified atom stereocenters. The van der Waals surface area contributed by atoms with Gasteiger partial charge in [0.25, 0.3) is 0 Å². The molecule has 0 aromatic carbocycles. The summed E-state index contributed by atoms with van der Waals surface area (Å²) in [5.41, 5.74) is 0. The van der Waals surface area contributed by atoms with Crippen LogP contribution in [0.3, 0.4) is 0 Å². The topological polar surface area (TPSA) is 26.3 Å². The molecule has 0 aliphatic heterocycles. The molecule has 0 bridgehead atoms. The number of carbonyl (C=O) groups excluding carboxylic acids is 1. The first-order valence-electron chi connectivity index (χ1n) is 4.71. The molecule has 0 atom stereocenters. The molecule has 0 aliphatic carbocycles. The summed E-state index contributed by atoms with van der Waals surface area (Å²) < 4.78 is 4.72. The van der Waals surface area contributed by atoms with Crippen LogP contribution in [0.2, 0.25) is 21.0 Å². The van der Waals surface area contributed by atoms with Crippen molar-refractivity contribution in [3.63, 3.8) is 0 Å². The fourth-order valence-corrected chi connectivity index (χ4v) is 7.81. The van der Waals surface area contributed by atoms with Crippen LogP contribution < -0.4 is 0 Å². The summed E-state index contributed by atoms with van der Waals surface area (Å²) >= 11 is -1.78. The number of hydrogen-bond donors (Lipinski definition) is 0. The molecule has 0 heterocycles. The number of esters is 1. The van der Waals surface area contributed by atoms with E-state index in [0.717, 1.165) is 5.25 Å². The van der Waals surface area contributed by atoms with Crippen LogP contribution in [-0.2, 0) is 9.53 Å². The van der Waals surface area contributed by atoms with Crippen molar-refractivity contribution in [1.29, 1.82) is 0 Å². The van der Waals surface area contributed by atoms with Crippen molar-refractivity contribution < 1.29 is 9.53 Å². The summed E-state index contributed by atoms with van der Waals surface area (Å²) in [5.74, 6) is 0.000509. The van der Waals surface area contributed by atoms with E-state index in [0.29, 0.717) is 0 Å². The molecule has 3 heteroatoms. The van der Waals surface area contributed by atoms with Gasteiger partial charge < -0.3 is 0 Å². The zero-order valence-corrected chi connectivity index (χ0v) is 10.7. The Morgan fingerprint density at radius 2 is 1.58 bits per heavy atom. The number of ether oxygens (including phenoxy) is 1. The van der Waals surface area contributed by atoms with E-state index in [1.165, 1.54) is 22.9 Å². The molecule has 0 radical (unpaired) electrons. The first kappa shape index (κ1) is 12.0. The molecule has 0 spiro atoms. The molecule has 0 N–H and O–H groups in total. The minimum absolute atomic E-state index is 0.000509. The molecule has 0 saturated carbocycles. The molecule has 12 heavy (non-hydrogen) atoms. The zero-order valence-electron chi connectivity index (χ0n) is 8.64. The molecule has 0 saturated heterocycles. The molecule has 0 aliphatic rings. The predicted molar refractivity (Wildman–Crippen MR) is 54.0 cm³/mol. The van der Waals surface area contributed by atoms with Crippen LogP contribution in [0, 0.1) is 0 Å². The first-order chi connectivity index (χ1) is 5.64. The Bertz CT molecular complexity index is 133. The quantitative estimate of drug-likeness (QED) is 0.538. The van der Waals surface area contributed by atoms with Gasteiger partial charge in [0.05, 0.1) is 0 Å². The second-order valence-electron chi connectivity index (χ2n) is 3.31. The summed E-state index contributed by atoms with van der Waals surface area (Å²) in [6, 6.07) is 0. The Hall–Kier alpha value is 0.0129. The number of hydrogen-bond acceptors (Lipinski definition) is 2. The Morgan fingerprint density at radius 1 is 1.17 bits per heavy atom. The van der Waals surface area contributed by atoms with E-state index in [1.807, 2.05) is 0 Å². The molecule has 0 rings (SSSR count). The molecular weight excluding hydrogens is 213 g/mol. The maximum atomic E-state index is 11.1. The van der Waals surface area contributed by atoms with E-state index >= 15 is 0 Å². The number of methoxy groups -OCH3 is 1. The normalized spacial score (nSPS) is 11.3.